The summed E-state index contributed by atoms with van der Waals surface area (Å²) in [6.07, 6.45) is 1.16. The maximum Gasteiger partial charge on any atom is 0.331 e. The van der Waals surface area contributed by atoms with Gasteiger partial charge in [-0.05, 0) is 24.6 Å². The van der Waals surface area contributed by atoms with E-state index in [-0.39, 0.29) is 5.57 Å². The van der Waals surface area contributed by atoms with Crippen molar-refractivity contribution in [2.24, 2.45) is 0 Å². The van der Waals surface area contributed by atoms with Crippen LogP contribution in [0.15, 0.2) is 30.3 Å². The van der Waals surface area contributed by atoms with Gasteiger partial charge in [0.25, 0.3) is 0 Å². The van der Waals surface area contributed by atoms with Gasteiger partial charge in [0.05, 0.1) is 19.3 Å². The number of nitrogens with zero attached hydrogens (tertiary/aromatic N) is 1. The summed E-state index contributed by atoms with van der Waals surface area (Å²) in [6, 6.07) is 8.96. The number of carbonyl (C=O) groups excluding carboxylic acids is 1. The second-order valence-corrected chi connectivity index (χ2v) is 3.15. The van der Waals surface area contributed by atoms with E-state index in [2.05, 4.69) is 4.74 Å². The molecule has 0 N–H and O–H groups in total. The number of nitriles is 1. The van der Waals surface area contributed by atoms with Crippen LogP contribution in [0.3, 0.4) is 0 Å². The fourth-order valence-electron chi connectivity index (χ4n) is 1.28. The van der Waals surface area contributed by atoms with Gasteiger partial charge in [-0.2, -0.15) is 5.26 Å². The van der Waals surface area contributed by atoms with Crippen LogP contribution in [0.2, 0.25) is 0 Å². The van der Waals surface area contributed by atoms with Crippen LogP contribution in [-0.2, 0) is 9.53 Å². The molecule has 0 aliphatic heterocycles. The normalized spacial score (nSPS) is 10.5. The molecule has 4 nitrogen and oxygen atoms in total. The summed E-state index contributed by atoms with van der Waals surface area (Å²) in [7, 11) is 1.27. The Kier molecular flexibility index (Phi) is 4.77. The highest BCUT2D eigenvalue weighted by molar-refractivity contribution is 5.95. The summed E-state index contributed by atoms with van der Waals surface area (Å²) >= 11 is 0. The number of allylic oxidation sites excluding steroid dienone is 1. The summed E-state index contributed by atoms with van der Waals surface area (Å²) in [4.78, 5) is 11.1. The van der Waals surface area contributed by atoms with Crippen molar-refractivity contribution >= 4 is 11.5 Å². The summed E-state index contributed by atoms with van der Waals surface area (Å²) in [5.41, 5.74) is 0.877. The quantitative estimate of drug-likeness (QED) is 0.452. The monoisotopic (exact) mass is 231 g/mol. The summed E-state index contributed by atoms with van der Waals surface area (Å²) in [5.74, 6) is 0.111. The van der Waals surface area contributed by atoms with E-state index in [1.807, 2.05) is 13.0 Å². The first-order valence-corrected chi connectivity index (χ1v) is 5.14. The molecule has 0 saturated heterocycles. The molecule has 0 heterocycles. The molecule has 0 unspecified atom stereocenters. The van der Waals surface area contributed by atoms with Crippen molar-refractivity contribution in [1.29, 1.82) is 5.26 Å². The van der Waals surface area contributed by atoms with Crippen LogP contribution in [0.5, 0.6) is 5.75 Å². The topological polar surface area (TPSA) is 59.3 Å². The Morgan fingerprint density at radius 2 is 2.29 bits per heavy atom. The minimum Gasteiger partial charge on any atom is -0.494 e. The van der Waals surface area contributed by atoms with Gasteiger partial charge in [-0.3, -0.25) is 0 Å². The van der Waals surface area contributed by atoms with Crippen molar-refractivity contribution in [3.8, 4) is 11.8 Å². The Balaban J connectivity index is 3.05. The summed E-state index contributed by atoms with van der Waals surface area (Å²) < 4.78 is 9.80. The van der Waals surface area contributed by atoms with E-state index < -0.39 is 5.97 Å². The Morgan fingerprint density at radius 3 is 2.88 bits per heavy atom. The molecule has 0 amide bonds. The Labute approximate surface area is 100 Å². The number of methoxy groups -OCH3 is 1. The second-order valence-electron chi connectivity index (χ2n) is 3.15. The number of carbonyl (C=O) groups is 1. The van der Waals surface area contributed by atoms with Gasteiger partial charge in [0, 0.05) is 6.08 Å². The summed E-state index contributed by atoms with van der Waals surface area (Å²) in [6.45, 7) is 2.42. The van der Waals surface area contributed by atoms with Crippen molar-refractivity contribution in [3.05, 3.63) is 35.9 Å². The van der Waals surface area contributed by atoms with Gasteiger partial charge in [0.15, 0.2) is 0 Å². The number of esters is 1. The van der Waals surface area contributed by atoms with Crippen LogP contribution in [0.1, 0.15) is 12.5 Å². The van der Waals surface area contributed by atoms with Gasteiger partial charge in [-0.15, -0.1) is 0 Å². The second kappa shape index (κ2) is 6.33. The minimum absolute atomic E-state index is 0.249. The lowest BCUT2D eigenvalue weighted by molar-refractivity contribution is -0.134. The van der Waals surface area contributed by atoms with Crippen LogP contribution in [0.25, 0.3) is 5.57 Å². The van der Waals surface area contributed by atoms with E-state index in [9.17, 15) is 4.79 Å². The molecule has 0 spiro atoms. The number of hydrogen-bond acceptors (Lipinski definition) is 4. The van der Waals surface area contributed by atoms with Crippen molar-refractivity contribution in [2.45, 2.75) is 6.92 Å². The van der Waals surface area contributed by atoms with Gasteiger partial charge in [0.2, 0.25) is 0 Å². The largest absolute Gasteiger partial charge is 0.494 e. The highest BCUT2D eigenvalue weighted by atomic mass is 16.5. The van der Waals surface area contributed by atoms with E-state index in [4.69, 9.17) is 10.00 Å². The third-order valence-corrected chi connectivity index (χ3v) is 2.04. The fraction of sp³-hybridized carbons (Fsp3) is 0.231. The lowest BCUT2D eigenvalue weighted by Crippen LogP contribution is -1.97. The van der Waals surface area contributed by atoms with Crippen LogP contribution in [0.4, 0.5) is 0 Å². The first-order chi connectivity index (χ1) is 8.21. The van der Waals surface area contributed by atoms with Crippen LogP contribution in [-0.4, -0.2) is 19.7 Å². The third-order valence-electron chi connectivity index (χ3n) is 2.04. The average Bonchev–Trinajstić information content (AvgIpc) is 2.36. The van der Waals surface area contributed by atoms with E-state index in [1.165, 1.54) is 7.11 Å². The fourth-order valence-corrected chi connectivity index (χ4v) is 1.28. The van der Waals surface area contributed by atoms with Crippen LogP contribution < -0.4 is 4.74 Å². The molecule has 0 aliphatic rings. The predicted molar refractivity (Wildman–Crippen MR) is 63.2 cm³/mol. The molecular formula is C13H13NO3. The Morgan fingerprint density at radius 1 is 1.53 bits per heavy atom. The number of ether oxygens (including phenoxy) is 2. The molecule has 0 fully saturated rings. The number of hydrogen-bond donors (Lipinski definition) is 0. The van der Waals surface area contributed by atoms with Gasteiger partial charge in [-0.25, -0.2) is 4.79 Å². The van der Waals surface area contributed by atoms with E-state index >= 15 is 0 Å². The number of benzene rings is 1. The molecular weight excluding hydrogens is 218 g/mol. The Bertz CT molecular complexity index is 472. The molecule has 88 valence electrons. The number of rotatable bonds is 4. The first kappa shape index (κ1) is 12.8. The molecule has 17 heavy (non-hydrogen) atoms. The third kappa shape index (κ3) is 3.65. The zero-order valence-corrected chi connectivity index (χ0v) is 9.77. The van der Waals surface area contributed by atoms with Crippen molar-refractivity contribution in [1.82, 2.24) is 0 Å². The van der Waals surface area contributed by atoms with E-state index in [0.29, 0.717) is 17.9 Å². The zero-order valence-electron chi connectivity index (χ0n) is 9.77. The molecule has 1 aromatic carbocycles. The molecule has 0 aliphatic carbocycles. The summed E-state index contributed by atoms with van der Waals surface area (Å²) in [5, 5.41) is 8.98. The van der Waals surface area contributed by atoms with Crippen molar-refractivity contribution in [2.75, 3.05) is 13.7 Å². The standard InChI is InChI=1S/C13H13NO3/c1-3-17-12-6-4-5-10(7-12)11(9-14)8-13(15)16-2/h4-8H,3H2,1-2H3. The first-order valence-electron chi connectivity index (χ1n) is 5.14. The smallest absolute Gasteiger partial charge is 0.331 e. The molecule has 0 saturated carbocycles. The van der Waals surface area contributed by atoms with Crippen molar-refractivity contribution in [3.63, 3.8) is 0 Å². The molecule has 1 aromatic rings. The van der Waals surface area contributed by atoms with Crippen LogP contribution in [0, 0.1) is 11.3 Å². The van der Waals surface area contributed by atoms with Gasteiger partial charge in [-0.1, -0.05) is 12.1 Å². The lowest BCUT2D eigenvalue weighted by atomic mass is 10.1. The van der Waals surface area contributed by atoms with E-state index in [0.717, 1.165) is 6.08 Å². The lowest BCUT2D eigenvalue weighted by Gasteiger charge is -2.04. The van der Waals surface area contributed by atoms with E-state index in [1.54, 1.807) is 24.3 Å². The maximum atomic E-state index is 11.1. The van der Waals surface area contributed by atoms with Gasteiger partial charge < -0.3 is 9.47 Å². The van der Waals surface area contributed by atoms with Crippen LogP contribution >= 0.6 is 0 Å². The van der Waals surface area contributed by atoms with Gasteiger partial charge in [0.1, 0.15) is 11.8 Å². The minimum atomic E-state index is -0.552. The predicted octanol–water partition coefficient (Wildman–Crippen LogP) is 2.17. The molecule has 0 aromatic heterocycles. The molecule has 0 atom stereocenters. The Hall–Kier alpha value is -2.28. The average molecular weight is 231 g/mol. The van der Waals surface area contributed by atoms with Crippen molar-refractivity contribution < 1.29 is 14.3 Å². The zero-order chi connectivity index (χ0) is 12.7. The molecule has 1 rings (SSSR count). The molecule has 0 bridgehead atoms. The van der Waals surface area contributed by atoms with Gasteiger partial charge >= 0.3 is 5.97 Å². The highest BCUT2D eigenvalue weighted by Gasteiger charge is 2.05. The molecule has 0 radical (unpaired) electrons. The molecule has 4 heteroatoms. The maximum absolute atomic E-state index is 11.1. The highest BCUT2D eigenvalue weighted by Crippen LogP contribution is 2.19. The SMILES string of the molecule is CCOc1cccc(C(C#N)=CC(=O)OC)c1.